The molecule has 0 bridgehead atoms. The van der Waals surface area contributed by atoms with E-state index in [-0.39, 0.29) is 12.0 Å². The minimum atomic E-state index is 0.0224. The Kier molecular flexibility index (Phi) is 4.97. The van der Waals surface area contributed by atoms with Gasteiger partial charge in [0, 0.05) is 25.2 Å². The summed E-state index contributed by atoms with van der Waals surface area (Å²) in [6.07, 6.45) is 4.04. The number of rotatable bonds is 3. The summed E-state index contributed by atoms with van der Waals surface area (Å²) in [7, 11) is 0. The topological polar surface area (TPSA) is 53.6 Å². The molecule has 5 heteroatoms. The molecule has 0 aromatic rings. The van der Waals surface area contributed by atoms with Gasteiger partial charge in [-0.15, -0.1) is 0 Å². The van der Waals surface area contributed by atoms with E-state index >= 15 is 0 Å². The van der Waals surface area contributed by atoms with E-state index < -0.39 is 0 Å². The summed E-state index contributed by atoms with van der Waals surface area (Å²) in [4.78, 5) is 12.0. The molecule has 2 aliphatic rings. The largest absolute Gasteiger partial charge is 0.375 e. The van der Waals surface area contributed by atoms with Gasteiger partial charge in [0.1, 0.15) is 0 Å². The van der Waals surface area contributed by atoms with Crippen molar-refractivity contribution in [2.45, 2.75) is 57.7 Å². The van der Waals surface area contributed by atoms with Crippen LogP contribution in [0.25, 0.3) is 0 Å². The average molecular weight is 255 g/mol. The third-order valence-corrected chi connectivity index (χ3v) is 3.86. The normalized spacial score (nSPS) is 34.2. The number of morpholine rings is 1. The lowest BCUT2D eigenvalue weighted by Gasteiger charge is -2.39. The van der Waals surface area contributed by atoms with E-state index in [0.29, 0.717) is 25.1 Å². The molecule has 0 aromatic heterocycles. The fourth-order valence-electron chi connectivity index (χ4n) is 2.79. The van der Waals surface area contributed by atoms with E-state index in [1.807, 2.05) is 0 Å². The highest BCUT2D eigenvalue weighted by Crippen LogP contribution is 2.20. The van der Waals surface area contributed by atoms with Crippen molar-refractivity contribution < 1.29 is 9.53 Å². The highest BCUT2D eigenvalue weighted by Gasteiger charge is 2.27. The Morgan fingerprint density at radius 1 is 1.39 bits per heavy atom. The van der Waals surface area contributed by atoms with Crippen LogP contribution in [0.5, 0.6) is 0 Å². The lowest BCUT2D eigenvalue weighted by molar-refractivity contribution is -0.132. The molecule has 2 N–H and O–H groups in total. The number of piperidine rings is 1. The summed E-state index contributed by atoms with van der Waals surface area (Å²) in [5.41, 5.74) is 3.05. The molecule has 2 rings (SSSR count). The zero-order chi connectivity index (χ0) is 13.0. The van der Waals surface area contributed by atoms with Gasteiger partial charge in [-0.05, 0) is 26.7 Å². The second-order valence-corrected chi connectivity index (χ2v) is 5.47. The first-order chi connectivity index (χ1) is 8.66. The van der Waals surface area contributed by atoms with Crippen LogP contribution in [0.2, 0.25) is 0 Å². The predicted octanol–water partition coefficient (Wildman–Crippen LogP) is 0.659. The summed E-state index contributed by atoms with van der Waals surface area (Å²) >= 11 is 0. The Morgan fingerprint density at radius 3 is 2.72 bits per heavy atom. The molecule has 2 fully saturated rings. The fraction of sp³-hybridized carbons (Fsp3) is 0.923. The number of carbonyl (C=O) groups is 1. The fourth-order valence-corrected chi connectivity index (χ4v) is 2.79. The van der Waals surface area contributed by atoms with Crippen LogP contribution in [-0.4, -0.2) is 48.8 Å². The highest BCUT2D eigenvalue weighted by atomic mass is 16.5. The molecule has 0 saturated carbocycles. The minimum Gasteiger partial charge on any atom is -0.375 e. The number of carbonyl (C=O) groups excluding carboxylic acids is 1. The Morgan fingerprint density at radius 2 is 2.11 bits per heavy atom. The van der Waals surface area contributed by atoms with Gasteiger partial charge in [0.05, 0.1) is 19.1 Å². The summed E-state index contributed by atoms with van der Waals surface area (Å²) in [5.74, 6) is 0.0734. The van der Waals surface area contributed by atoms with Gasteiger partial charge in [0.25, 0.3) is 0 Å². The molecule has 104 valence electrons. The first-order valence-corrected chi connectivity index (χ1v) is 7.07. The first kappa shape index (κ1) is 13.8. The smallest absolute Gasteiger partial charge is 0.236 e. The highest BCUT2D eigenvalue weighted by molar-refractivity contribution is 5.76. The van der Waals surface area contributed by atoms with Gasteiger partial charge < -0.3 is 10.1 Å². The number of hydrazine groups is 1. The molecule has 0 spiro atoms. The number of hydrogen-bond donors (Lipinski definition) is 2. The van der Waals surface area contributed by atoms with Crippen LogP contribution < -0.4 is 10.7 Å². The molecule has 0 aromatic carbocycles. The maximum absolute atomic E-state index is 12.0. The van der Waals surface area contributed by atoms with Gasteiger partial charge in [-0.3, -0.25) is 10.2 Å². The molecule has 2 heterocycles. The number of nitrogens with zero attached hydrogens (tertiary/aromatic N) is 1. The molecule has 3 unspecified atom stereocenters. The van der Waals surface area contributed by atoms with Crippen molar-refractivity contribution in [2.75, 3.05) is 19.7 Å². The van der Waals surface area contributed by atoms with Crippen LogP contribution in [0.4, 0.5) is 0 Å². The van der Waals surface area contributed by atoms with Crippen molar-refractivity contribution in [2.24, 2.45) is 0 Å². The van der Waals surface area contributed by atoms with Crippen LogP contribution in [0.15, 0.2) is 0 Å². The van der Waals surface area contributed by atoms with E-state index in [1.165, 1.54) is 6.42 Å². The van der Waals surface area contributed by atoms with Crippen LogP contribution in [0.1, 0.15) is 39.5 Å². The van der Waals surface area contributed by atoms with E-state index in [4.69, 9.17) is 4.74 Å². The van der Waals surface area contributed by atoms with Crippen LogP contribution >= 0.6 is 0 Å². The average Bonchev–Trinajstić information content (AvgIpc) is 2.35. The van der Waals surface area contributed by atoms with Crippen molar-refractivity contribution in [1.82, 2.24) is 15.8 Å². The predicted molar refractivity (Wildman–Crippen MR) is 70.0 cm³/mol. The molecule has 5 nitrogen and oxygen atoms in total. The molecule has 1 amide bonds. The van der Waals surface area contributed by atoms with Gasteiger partial charge in [-0.1, -0.05) is 6.42 Å². The van der Waals surface area contributed by atoms with Crippen LogP contribution in [0, 0.1) is 0 Å². The van der Waals surface area contributed by atoms with Crippen molar-refractivity contribution in [3.05, 3.63) is 0 Å². The lowest BCUT2D eigenvalue weighted by atomic mass is 10.00. The number of hydrogen-bond acceptors (Lipinski definition) is 4. The molecular weight excluding hydrogens is 230 g/mol. The monoisotopic (exact) mass is 255 g/mol. The van der Waals surface area contributed by atoms with Crippen molar-refractivity contribution in [3.8, 4) is 0 Å². The Labute approximate surface area is 109 Å². The number of ether oxygens (including phenoxy) is 1. The second-order valence-electron chi connectivity index (χ2n) is 5.47. The molecule has 0 radical (unpaired) electrons. The lowest BCUT2D eigenvalue weighted by Crippen LogP contribution is -2.55. The second kappa shape index (κ2) is 6.50. The number of amides is 1. The van der Waals surface area contributed by atoms with Gasteiger partial charge in [-0.2, -0.15) is 0 Å². The summed E-state index contributed by atoms with van der Waals surface area (Å²) in [5, 5.41) is 5.36. The molecular formula is C13H25N3O2. The van der Waals surface area contributed by atoms with Crippen molar-refractivity contribution in [3.63, 3.8) is 0 Å². The van der Waals surface area contributed by atoms with Gasteiger partial charge in [-0.25, -0.2) is 5.01 Å². The van der Waals surface area contributed by atoms with Gasteiger partial charge in [0.15, 0.2) is 0 Å². The minimum absolute atomic E-state index is 0.0224. The molecule has 3 atom stereocenters. The summed E-state index contributed by atoms with van der Waals surface area (Å²) < 4.78 is 5.55. The van der Waals surface area contributed by atoms with E-state index in [2.05, 4.69) is 29.6 Å². The maximum Gasteiger partial charge on any atom is 0.236 e. The molecule has 0 aliphatic carbocycles. The van der Waals surface area contributed by atoms with Crippen molar-refractivity contribution in [1.29, 1.82) is 0 Å². The Hall–Kier alpha value is -0.650. The maximum atomic E-state index is 12.0. The van der Waals surface area contributed by atoms with Gasteiger partial charge in [0.2, 0.25) is 5.91 Å². The Bertz CT molecular complexity index is 269. The molecule has 2 saturated heterocycles. The molecule has 2 aliphatic heterocycles. The van der Waals surface area contributed by atoms with E-state index in [0.717, 1.165) is 25.9 Å². The SMILES string of the molecule is CC1CCCC(C)N1NC(=O)CC1CNCCO1. The zero-order valence-corrected chi connectivity index (χ0v) is 11.4. The van der Waals surface area contributed by atoms with E-state index in [1.54, 1.807) is 0 Å². The summed E-state index contributed by atoms with van der Waals surface area (Å²) in [6, 6.07) is 0.867. The Balaban J connectivity index is 1.78. The number of nitrogens with one attached hydrogen (secondary N) is 2. The van der Waals surface area contributed by atoms with Gasteiger partial charge >= 0.3 is 0 Å². The third kappa shape index (κ3) is 3.67. The van der Waals surface area contributed by atoms with E-state index in [9.17, 15) is 4.79 Å². The summed E-state index contributed by atoms with van der Waals surface area (Å²) in [6.45, 7) is 6.72. The molecule has 18 heavy (non-hydrogen) atoms. The third-order valence-electron chi connectivity index (χ3n) is 3.86. The quantitative estimate of drug-likeness (QED) is 0.778. The zero-order valence-electron chi connectivity index (χ0n) is 11.4. The van der Waals surface area contributed by atoms with Crippen LogP contribution in [0.3, 0.4) is 0 Å². The standard InChI is InChI=1S/C13H25N3O2/c1-10-4-3-5-11(2)16(10)15-13(17)8-12-9-14-6-7-18-12/h10-12,14H,3-9H2,1-2H3,(H,15,17). The first-order valence-electron chi connectivity index (χ1n) is 7.07. The van der Waals surface area contributed by atoms with Crippen molar-refractivity contribution >= 4 is 5.91 Å². The van der Waals surface area contributed by atoms with Crippen LogP contribution in [-0.2, 0) is 9.53 Å².